The molecule has 0 saturated carbocycles. The van der Waals surface area contributed by atoms with E-state index in [1.807, 2.05) is 0 Å². The number of rotatable bonds is 8. The van der Waals surface area contributed by atoms with Crippen molar-refractivity contribution in [3.63, 3.8) is 0 Å². The van der Waals surface area contributed by atoms with Crippen molar-refractivity contribution in [2.24, 2.45) is 0 Å². The molecule has 0 radical (unpaired) electrons. The highest BCUT2D eigenvalue weighted by molar-refractivity contribution is 5.69. The predicted octanol–water partition coefficient (Wildman–Crippen LogP) is 4.34. The SMILES string of the molecule is Oc1cc(O)cc(O[C@H](c2ccc(O)c(O)c2)[C@H](O)Cc2c(O)cc3c(c2O)[C@@H]2c4c(cc(O)c5c4O[C@H](c4ccc(O)c(O)c4)C(O)C5)O[C@](c4ccc(O)c(O)c4)(O3)C2O)c1. The topological polar surface area (TPSA) is 320 Å². The molecule has 0 aromatic heterocycles. The Morgan fingerprint density at radius 1 is 0.619 bits per heavy atom. The van der Waals surface area contributed by atoms with Gasteiger partial charge in [-0.25, -0.2) is 0 Å². The summed E-state index contributed by atoms with van der Waals surface area (Å²) in [5.41, 5.74) is -0.229. The highest BCUT2D eigenvalue weighted by atomic mass is 16.7. The van der Waals surface area contributed by atoms with E-state index in [9.17, 15) is 71.5 Å². The number of ether oxygens (including phenoxy) is 4. The van der Waals surface area contributed by atoms with Gasteiger partial charge in [-0.2, -0.15) is 0 Å². The molecule has 0 fully saturated rings. The number of aliphatic hydroxyl groups excluding tert-OH is 3. The zero-order valence-corrected chi connectivity index (χ0v) is 32.4. The Hall–Kier alpha value is -7.80. The number of phenolic OH excluding ortho intramolecular Hbond substituents is 11. The quantitative estimate of drug-likeness (QED) is 0.0946. The second-order valence-corrected chi connectivity index (χ2v) is 15.5. The Morgan fingerprint density at radius 3 is 1.87 bits per heavy atom. The molecule has 6 aromatic rings. The maximum Gasteiger partial charge on any atom is 0.305 e. The molecule has 18 heteroatoms. The van der Waals surface area contributed by atoms with E-state index in [1.54, 1.807) is 0 Å². The molecule has 2 unspecified atom stereocenters. The van der Waals surface area contributed by atoms with Crippen LogP contribution in [0.1, 0.15) is 57.1 Å². The van der Waals surface area contributed by atoms with Gasteiger partial charge in [-0.3, -0.25) is 0 Å². The minimum atomic E-state index is -2.32. The molecule has 0 amide bonds. The minimum absolute atomic E-state index is 0.00957. The fraction of sp³-hybridized carbons (Fsp3) is 0.200. The number of hydrogen-bond acceptors (Lipinski definition) is 18. The lowest BCUT2D eigenvalue weighted by atomic mass is 9.73. The Bertz CT molecular complexity index is 2810. The number of hydrogen-bond donors (Lipinski definition) is 14. The molecule has 14 N–H and O–H groups in total. The van der Waals surface area contributed by atoms with Crippen molar-refractivity contribution in [2.45, 2.75) is 55.1 Å². The number of benzene rings is 6. The lowest BCUT2D eigenvalue weighted by Gasteiger charge is -2.50. The molecular weight excluding hydrogens is 828 g/mol. The van der Waals surface area contributed by atoms with E-state index < -0.39 is 112 Å². The minimum Gasteiger partial charge on any atom is -0.508 e. The van der Waals surface area contributed by atoms with Gasteiger partial charge in [0.25, 0.3) is 0 Å². The molecule has 9 rings (SSSR count). The number of aromatic hydroxyl groups is 11. The van der Waals surface area contributed by atoms with Crippen LogP contribution in [0.4, 0.5) is 0 Å². The van der Waals surface area contributed by atoms with Gasteiger partial charge in [-0.15, -0.1) is 0 Å². The first-order chi connectivity index (χ1) is 29.9. The van der Waals surface area contributed by atoms with Gasteiger partial charge < -0.3 is 90.4 Å². The number of fused-ring (bicyclic) bond motifs is 8. The average Bonchev–Trinajstić information content (AvgIpc) is 3.22. The second kappa shape index (κ2) is 14.7. The van der Waals surface area contributed by atoms with Crippen molar-refractivity contribution in [2.75, 3.05) is 0 Å². The van der Waals surface area contributed by atoms with Crippen molar-refractivity contribution in [1.82, 2.24) is 0 Å². The molecule has 3 heterocycles. The Kier molecular flexibility index (Phi) is 9.46. The second-order valence-electron chi connectivity index (χ2n) is 15.5. The summed E-state index contributed by atoms with van der Waals surface area (Å²) in [6.07, 6.45) is -8.55. The fourth-order valence-corrected chi connectivity index (χ4v) is 8.56. The molecule has 63 heavy (non-hydrogen) atoms. The highest BCUT2D eigenvalue weighted by Gasteiger charge is 2.60. The Balaban J connectivity index is 1.20. The van der Waals surface area contributed by atoms with Gasteiger partial charge >= 0.3 is 5.79 Å². The van der Waals surface area contributed by atoms with Gasteiger partial charge in [0, 0.05) is 71.0 Å². The van der Waals surface area contributed by atoms with Crippen molar-refractivity contribution in [3.8, 4) is 86.2 Å². The van der Waals surface area contributed by atoms with Crippen LogP contribution in [-0.2, 0) is 18.6 Å². The van der Waals surface area contributed by atoms with Crippen LogP contribution in [0.2, 0.25) is 0 Å². The van der Waals surface area contributed by atoms with Gasteiger partial charge in [-0.05, 0) is 53.6 Å². The van der Waals surface area contributed by atoms with Gasteiger partial charge in [-0.1, -0.05) is 12.1 Å². The molecule has 0 aliphatic carbocycles. The van der Waals surface area contributed by atoms with Crippen LogP contribution >= 0.6 is 0 Å². The third kappa shape index (κ3) is 6.63. The van der Waals surface area contributed by atoms with Gasteiger partial charge in [0.15, 0.2) is 34.5 Å². The van der Waals surface area contributed by atoms with Crippen LogP contribution in [0.3, 0.4) is 0 Å². The molecule has 0 saturated heterocycles. The molecular formula is C45H38O18. The van der Waals surface area contributed by atoms with E-state index in [-0.39, 0.29) is 68.4 Å². The zero-order chi connectivity index (χ0) is 44.8. The van der Waals surface area contributed by atoms with Crippen LogP contribution in [0.5, 0.6) is 86.2 Å². The molecule has 18 nitrogen and oxygen atoms in total. The van der Waals surface area contributed by atoms with Crippen molar-refractivity contribution in [1.29, 1.82) is 0 Å². The molecule has 6 aromatic carbocycles. The van der Waals surface area contributed by atoms with Crippen LogP contribution in [0.25, 0.3) is 0 Å². The summed E-state index contributed by atoms with van der Waals surface area (Å²) in [5.74, 6) is -10.3. The van der Waals surface area contributed by atoms with E-state index in [0.717, 1.165) is 48.5 Å². The summed E-state index contributed by atoms with van der Waals surface area (Å²) in [5, 5.41) is 153. The normalized spacial score (nSPS) is 21.6. The fourth-order valence-electron chi connectivity index (χ4n) is 8.56. The summed E-state index contributed by atoms with van der Waals surface area (Å²) < 4.78 is 25.1. The van der Waals surface area contributed by atoms with Crippen LogP contribution in [0, 0.1) is 0 Å². The van der Waals surface area contributed by atoms with E-state index in [4.69, 9.17) is 18.9 Å². The first-order valence-electron chi connectivity index (χ1n) is 19.2. The largest absolute Gasteiger partial charge is 0.508 e. The predicted molar refractivity (Wildman–Crippen MR) is 214 cm³/mol. The van der Waals surface area contributed by atoms with Crippen molar-refractivity contribution < 1.29 is 90.4 Å². The maximum absolute atomic E-state index is 12.5. The summed E-state index contributed by atoms with van der Waals surface area (Å²) in [6, 6.07) is 16.3. The third-order valence-corrected chi connectivity index (χ3v) is 11.5. The summed E-state index contributed by atoms with van der Waals surface area (Å²) >= 11 is 0. The van der Waals surface area contributed by atoms with E-state index in [0.29, 0.717) is 0 Å². The smallest absolute Gasteiger partial charge is 0.305 e. The molecule has 3 aliphatic heterocycles. The first-order valence-corrected chi connectivity index (χ1v) is 19.2. The van der Waals surface area contributed by atoms with Gasteiger partial charge in [0.2, 0.25) is 0 Å². The standard InChI is InChI=1S/C45H38O18/c46-20-10-21(47)12-22(11-20)60-41(17-1-4-25(48)30(53)7-17)33(56)13-23-28(51)15-35-37(40(23)58)39-38-36(63-45(62-35,44(39)59)19-3-6-27(50)32(55)9-19)16-29(52)24-14-34(57)42(61-43(24)38)18-2-5-26(49)31(54)8-18/h1-12,15-16,33-34,39,41-42,44,46-59H,13-14H2/t33-,34?,39-,41-,42-,44?,45+/m1/s1. The summed E-state index contributed by atoms with van der Waals surface area (Å²) in [7, 11) is 0. The Morgan fingerprint density at radius 2 is 1.22 bits per heavy atom. The molecule has 0 spiro atoms. The highest BCUT2D eigenvalue weighted by Crippen LogP contribution is 2.63. The zero-order valence-electron chi connectivity index (χ0n) is 32.4. The van der Waals surface area contributed by atoms with Crippen molar-refractivity contribution in [3.05, 3.63) is 124 Å². The first kappa shape index (κ1) is 40.6. The number of aliphatic hydroxyl groups is 3. The lowest BCUT2D eigenvalue weighted by Crippen LogP contribution is -2.57. The summed E-state index contributed by atoms with van der Waals surface area (Å²) in [4.78, 5) is 0. The number of phenols is 11. The third-order valence-electron chi connectivity index (χ3n) is 11.5. The Labute approximate surface area is 355 Å². The van der Waals surface area contributed by atoms with Crippen LogP contribution in [0.15, 0.2) is 84.9 Å². The van der Waals surface area contributed by atoms with Gasteiger partial charge in [0.05, 0.1) is 18.1 Å². The van der Waals surface area contributed by atoms with Crippen molar-refractivity contribution >= 4 is 0 Å². The van der Waals surface area contributed by atoms with Crippen LogP contribution < -0.4 is 18.9 Å². The average molecular weight is 867 g/mol. The molecule has 326 valence electrons. The van der Waals surface area contributed by atoms with Gasteiger partial charge in [0.1, 0.15) is 70.1 Å². The van der Waals surface area contributed by atoms with E-state index in [1.165, 1.54) is 36.4 Å². The molecule has 2 bridgehead atoms. The summed E-state index contributed by atoms with van der Waals surface area (Å²) in [6.45, 7) is 0. The van der Waals surface area contributed by atoms with E-state index in [2.05, 4.69) is 0 Å². The molecule has 7 atom stereocenters. The van der Waals surface area contributed by atoms with E-state index >= 15 is 0 Å². The van der Waals surface area contributed by atoms with Crippen LogP contribution in [-0.4, -0.2) is 89.8 Å². The monoisotopic (exact) mass is 866 g/mol. The molecule has 3 aliphatic rings. The lowest BCUT2D eigenvalue weighted by molar-refractivity contribution is -0.219. The maximum atomic E-state index is 12.5.